The molecule has 0 aliphatic heterocycles. The Kier molecular flexibility index (Phi) is 3.50. The van der Waals surface area contributed by atoms with Crippen molar-refractivity contribution in [3.63, 3.8) is 0 Å². The number of rotatable bonds is 5. The van der Waals surface area contributed by atoms with Crippen molar-refractivity contribution in [1.29, 1.82) is 0 Å². The molecule has 0 aromatic heterocycles. The van der Waals surface area contributed by atoms with E-state index in [-0.39, 0.29) is 0 Å². The van der Waals surface area contributed by atoms with Crippen molar-refractivity contribution in [3.8, 4) is 0 Å². The molecule has 4 unspecified atom stereocenters. The molecule has 0 radical (unpaired) electrons. The molecule has 0 heterocycles. The molecule has 0 aromatic rings. The van der Waals surface area contributed by atoms with Crippen LogP contribution in [-0.4, -0.2) is 12.6 Å². The Morgan fingerprint density at radius 3 is 2.67 bits per heavy atom. The van der Waals surface area contributed by atoms with E-state index in [0.29, 0.717) is 6.04 Å². The second kappa shape index (κ2) is 4.69. The topological polar surface area (TPSA) is 12.0 Å². The molecule has 2 aliphatic rings. The van der Waals surface area contributed by atoms with Crippen LogP contribution in [0.5, 0.6) is 0 Å². The Labute approximate surface area is 94.3 Å². The van der Waals surface area contributed by atoms with Gasteiger partial charge in [-0.1, -0.05) is 25.5 Å². The molecule has 2 fully saturated rings. The molecule has 4 atom stereocenters. The van der Waals surface area contributed by atoms with Crippen molar-refractivity contribution in [2.45, 2.75) is 52.0 Å². The summed E-state index contributed by atoms with van der Waals surface area (Å²) in [5.41, 5.74) is 1.32. The quantitative estimate of drug-likeness (QED) is 0.682. The summed E-state index contributed by atoms with van der Waals surface area (Å²) in [5.74, 6) is 3.12. The van der Waals surface area contributed by atoms with Gasteiger partial charge in [0.05, 0.1) is 0 Å². The molecule has 1 N–H and O–H groups in total. The van der Waals surface area contributed by atoms with Gasteiger partial charge in [-0.05, 0) is 56.9 Å². The third-order valence-electron chi connectivity index (χ3n) is 4.47. The molecule has 0 saturated heterocycles. The lowest BCUT2D eigenvalue weighted by Gasteiger charge is -2.27. The molecule has 2 bridgehead atoms. The molecule has 0 amide bonds. The minimum atomic E-state index is 0.569. The van der Waals surface area contributed by atoms with Crippen molar-refractivity contribution in [1.82, 2.24) is 5.32 Å². The average molecular weight is 207 g/mol. The summed E-state index contributed by atoms with van der Waals surface area (Å²) in [5, 5.41) is 3.57. The van der Waals surface area contributed by atoms with Gasteiger partial charge in [0, 0.05) is 6.04 Å². The van der Waals surface area contributed by atoms with Gasteiger partial charge >= 0.3 is 0 Å². The van der Waals surface area contributed by atoms with Crippen LogP contribution in [0.25, 0.3) is 0 Å². The highest BCUT2D eigenvalue weighted by molar-refractivity contribution is 5.04. The van der Waals surface area contributed by atoms with Gasteiger partial charge < -0.3 is 5.32 Å². The lowest BCUT2D eigenvalue weighted by molar-refractivity contribution is 0.290. The first kappa shape index (κ1) is 11.2. The molecule has 1 heteroatoms. The minimum Gasteiger partial charge on any atom is -0.311 e. The third-order valence-corrected chi connectivity index (χ3v) is 4.47. The third kappa shape index (κ3) is 2.44. The zero-order valence-electron chi connectivity index (χ0n) is 10.3. The van der Waals surface area contributed by atoms with Crippen molar-refractivity contribution >= 4 is 0 Å². The van der Waals surface area contributed by atoms with Crippen molar-refractivity contribution < 1.29 is 0 Å². The van der Waals surface area contributed by atoms with Crippen LogP contribution in [-0.2, 0) is 0 Å². The SMILES string of the molecule is C=C(C)C(CC1CC2CCC1C2)NCC. The molecule has 2 aliphatic carbocycles. The van der Waals surface area contributed by atoms with Gasteiger partial charge in [0.25, 0.3) is 0 Å². The molecule has 86 valence electrons. The molecular weight excluding hydrogens is 182 g/mol. The molecule has 15 heavy (non-hydrogen) atoms. The fourth-order valence-electron chi connectivity index (χ4n) is 3.67. The fraction of sp³-hybridized carbons (Fsp3) is 0.857. The predicted octanol–water partition coefficient (Wildman–Crippen LogP) is 3.37. The van der Waals surface area contributed by atoms with Gasteiger partial charge in [-0.25, -0.2) is 0 Å². The van der Waals surface area contributed by atoms with E-state index >= 15 is 0 Å². The molecule has 0 aromatic carbocycles. The minimum absolute atomic E-state index is 0.569. The van der Waals surface area contributed by atoms with E-state index in [1.54, 1.807) is 0 Å². The van der Waals surface area contributed by atoms with E-state index in [0.717, 1.165) is 24.3 Å². The Hall–Kier alpha value is -0.300. The van der Waals surface area contributed by atoms with Crippen molar-refractivity contribution in [2.24, 2.45) is 17.8 Å². The van der Waals surface area contributed by atoms with Crippen LogP contribution < -0.4 is 5.32 Å². The van der Waals surface area contributed by atoms with Gasteiger partial charge in [-0.3, -0.25) is 0 Å². The zero-order valence-corrected chi connectivity index (χ0v) is 10.3. The van der Waals surface area contributed by atoms with Crippen LogP contribution in [0.4, 0.5) is 0 Å². The second-order valence-corrected chi connectivity index (χ2v) is 5.63. The Morgan fingerprint density at radius 1 is 1.40 bits per heavy atom. The van der Waals surface area contributed by atoms with E-state index in [1.807, 2.05) is 0 Å². The summed E-state index contributed by atoms with van der Waals surface area (Å²) in [4.78, 5) is 0. The van der Waals surface area contributed by atoms with Crippen molar-refractivity contribution in [3.05, 3.63) is 12.2 Å². The summed E-state index contributed by atoms with van der Waals surface area (Å²) in [6.07, 6.45) is 7.38. The van der Waals surface area contributed by atoms with Gasteiger partial charge in [-0.2, -0.15) is 0 Å². The number of fused-ring (bicyclic) bond motifs is 2. The molecular formula is C14H25N. The second-order valence-electron chi connectivity index (χ2n) is 5.63. The number of nitrogens with one attached hydrogen (secondary N) is 1. The summed E-state index contributed by atoms with van der Waals surface area (Å²) in [6, 6.07) is 0.569. The summed E-state index contributed by atoms with van der Waals surface area (Å²) in [7, 11) is 0. The van der Waals surface area contributed by atoms with Crippen LogP contribution in [0.1, 0.15) is 46.0 Å². The lowest BCUT2D eigenvalue weighted by atomic mass is 9.83. The van der Waals surface area contributed by atoms with E-state index < -0.39 is 0 Å². The summed E-state index contributed by atoms with van der Waals surface area (Å²) >= 11 is 0. The maximum atomic E-state index is 4.12. The largest absolute Gasteiger partial charge is 0.311 e. The van der Waals surface area contributed by atoms with Crippen LogP contribution in [0.3, 0.4) is 0 Å². The molecule has 2 rings (SSSR count). The highest BCUT2D eigenvalue weighted by Crippen LogP contribution is 2.50. The predicted molar refractivity (Wildman–Crippen MR) is 65.8 cm³/mol. The highest BCUT2D eigenvalue weighted by Gasteiger charge is 2.39. The Bertz CT molecular complexity index is 233. The summed E-state index contributed by atoms with van der Waals surface area (Å²) < 4.78 is 0. The number of hydrogen-bond donors (Lipinski definition) is 1. The molecule has 1 nitrogen and oxygen atoms in total. The monoisotopic (exact) mass is 207 g/mol. The van der Waals surface area contributed by atoms with E-state index in [1.165, 1.54) is 37.7 Å². The highest BCUT2D eigenvalue weighted by atomic mass is 14.9. The van der Waals surface area contributed by atoms with Crippen LogP contribution in [0.15, 0.2) is 12.2 Å². The van der Waals surface area contributed by atoms with E-state index in [2.05, 4.69) is 25.7 Å². The van der Waals surface area contributed by atoms with Crippen LogP contribution in [0, 0.1) is 17.8 Å². The Balaban J connectivity index is 1.86. The number of hydrogen-bond acceptors (Lipinski definition) is 1. The van der Waals surface area contributed by atoms with Gasteiger partial charge in [0.1, 0.15) is 0 Å². The van der Waals surface area contributed by atoms with Crippen LogP contribution in [0.2, 0.25) is 0 Å². The first-order valence-electron chi connectivity index (χ1n) is 6.59. The number of likely N-dealkylation sites (N-methyl/N-ethyl adjacent to an activating group) is 1. The van der Waals surface area contributed by atoms with Gasteiger partial charge in [-0.15, -0.1) is 0 Å². The maximum absolute atomic E-state index is 4.12. The Morgan fingerprint density at radius 2 is 2.20 bits per heavy atom. The average Bonchev–Trinajstić information content (AvgIpc) is 2.78. The standard InChI is InChI=1S/C14H25N/c1-4-15-14(10(2)3)9-13-8-11-5-6-12(13)7-11/h11-15H,2,4-9H2,1,3H3. The smallest absolute Gasteiger partial charge is 0.0276 e. The maximum Gasteiger partial charge on any atom is 0.0276 e. The first-order chi connectivity index (χ1) is 7.20. The first-order valence-corrected chi connectivity index (χ1v) is 6.59. The lowest BCUT2D eigenvalue weighted by Crippen LogP contribution is -2.33. The van der Waals surface area contributed by atoms with Crippen LogP contribution >= 0.6 is 0 Å². The normalized spacial score (nSPS) is 35.7. The van der Waals surface area contributed by atoms with Crippen molar-refractivity contribution in [2.75, 3.05) is 6.54 Å². The fourth-order valence-corrected chi connectivity index (χ4v) is 3.67. The van der Waals surface area contributed by atoms with Gasteiger partial charge in [0.15, 0.2) is 0 Å². The van der Waals surface area contributed by atoms with E-state index in [9.17, 15) is 0 Å². The zero-order chi connectivity index (χ0) is 10.8. The molecule has 0 spiro atoms. The summed E-state index contributed by atoms with van der Waals surface area (Å²) in [6.45, 7) is 9.54. The van der Waals surface area contributed by atoms with Gasteiger partial charge in [0.2, 0.25) is 0 Å². The van der Waals surface area contributed by atoms with E-state index in [4.69, 9.17) is 0 Å². The molecule has 2 saturated carbocycles.